The number of carbonyl (C=O) groups is 1. The molecule has 35 heavy (non-hydrogen) atoms. The van der Waals surface area contributed by atoms with Gasteiger partial charge in [0.15, 0.2) is 0 Å². The molecule has 0 aliphatic heterocycles. The second-order valence-electron chi connectivity index (χ2n) is 7.77. The first kappa shape index (κ1) is 22.9. The van der Waals surface area contributed by atoms with Crippen LogP contribution in [0.3, 0.4) is 0 Å². The molecule has 6 rings (SSSR count). The topological polar surface area (TPSA) is 68.9 Å². The first-order chi connectivity index (χ1) is 17.2. The molecule has 6 heteroatoms. The molecule has 0 aliphatic rings. The molecule has 172 valence electrons. The van der Waals surface area contributed by atoms with Gasteiger partial charge in [0.25, 0.3) is 0 Å². The zero-order chi connectivity index (χ0) is 24.0. The smallest absolute Gasteiger partial charge is 0.337 e. The monoisotopic (exact) mass is 494 g/mol. The van der Waals surface area contributed by atoms with E-state index < -0.39 is 5.97 Å². The van der Waals surface area contributed by atoms with Crippen molar-refractivity contribution in [2.75, 3.05) is 0 Å². The van der Waals surface area contributed by atoms with E-state index in [1.54, 1.807) is 23.5 Å². The Morgan fingerprint density at radius 2 is 1.23 bits per heavy atom. The van der Waals surface area contributed by atoms with Gasteiger partial charge in [-0.2, -0.15) is 0 Å². The van der Waals surface area contributed by atoms with E-state index in [1.165, 1.54) is 26.9 Å². The summed E-state index contributed by atoms with van der Waals surface area (Å²) in [5, 5.41) is 11.1. The van der Waals surface area contributed by atoms with E-state index in [0.29, 0.717) is 5.56 Å². The van der Waals surface area contributed by atoms with Gasteiger partial charge in [0.1, 0.15) is 0 Å². The van der Waals surface area contributed by atoms with E-state index in [2.05, 4.69) is 58.5 Å². The Hall–Kier alpha value is -3.87. The Morgan fingerprint density at radius 3 is 1.86 bits per heavy atom. The molecule has 0 fully saturated rings. The summed E-state index contributed by atoms with van der Waals surface area (Å²) in [5.74, 6) is -0.909. The number of aromatic nitrogens is 2. The van der Waals surface area contributed by atoms with Gasteiger partial charge in [-0.15, -0.1) is 0 Å². The average molecular weight is 495 g/mol. The number of hydrogen-bond donors (Lipinski definition) is 3. The number of rotatable bonds is 5. The SMILES string of the molecule is O=C(O)c1c[nH]c2ccc(Sc3ccccc3)cc12.c1ccc(Sc2ccc3[nH]ccc3c2)cc1. The maximum absolute atomic E-state index is 11.1. The standard InChI is InChI=1S/C15H11NO2S.C14H11NS/c17-15(18)13-9-16-14-7-6-11(8-12(13)14)19-10-4-2-1-3-5-10;1-2-4-12(5-3-1)16-13-6-7-14-11(10-13)8-9-15-14/h1-9,16H,(H,17,18);1-10,15H. The van der Waals surface area contributed by atoms with E-state index >= 15 is 0 Å². The van der Waals surface area contributed by atoms with E-state index in [0.717, 1.165) is 20.7 Å². The Balaban J connectivity index is 0.000000147. The molecule has 4 aromatic carbocycles. The van der Waals surface area contributed by atoms with Crippen LogP contribution in [0.25, 0.3) is 21.8 Å². The molecule has 2 aromatic heterocycles. The molecule has 0 radical (unpaired) electrons. The van der Waals surface area contributed by atoms with Crippen molar-refractivity contribution in [3.8, 4) is 0 Å². The molecule has 4 nitrogen and oxygen atoms in total. The molecular weight excluding hydrogens is 472 g/mol. The highest BCUT2D eigenvalue weighted by molar-refractivity contribution is 7.99. The minimum Gasteiger partial charge on any atom is -0.478 e. The number of carboxylic acid groups (broad SMARTS) is 1. The summed E-state index contributed by atoms with van der Waals surface area (Å²) in [7, 11) is 0. The summed E-state index contributed by atoms with van der Waals surface area (Å²) in [6, 6.07) is 34.8. The van der Waals surface area contributed by atoms with Crippen LogP contribution in [0.4, 0.5) is 0 Å². The quantitative estimate of drug-likeness (QED) is 0.225. The average Bonchev–Trinajstić information content (AvgIpc) is 3.52. The van der Waals surface area contributed by atoms with E-state index in [1.807, 2.05) is 60.8 Å². The molecule has 6 aromatic rings. The molecule has 2 heterocycles. The highest BCUT2D eigenvalue weighted by Gasteiger charge is 2.11. The molecule has 0 spiro atoms. The van der Waals surface area contributed by atoms with Crippen LogP contribution in [-0.2, 0) is 0 Å². The van der Waals surface area contributed by atoms with Gasteiger partial charge in [-0.3, -0.25) is 0 Å². The van der Waals surface area contributed by atoms with Gasteiger partial charge in [-0.05, 0) is 66.7 Å². The minimum atomic E-state index is -0.909. The lowest BCUT2D eigenvalue weighted by Crippen LogP contribution is -1.93. The van der Waals surface area contributed by atoms with Crippen LogP contribution < -0.4 is 0 Å². The maximum atomic E-state index is 11.1. The fraction of sp³-hybridized carbons (Fsp3) is 0. The summed E-state index contributed by atoms with van der Waals surface area (Å²) in [6.45, 7) is 0. The number of benzene rings is 4. The normalized spacial score (nSPS) is 10.7. The zero-order valence-electron chi connectivity index (χ0n) is 18.6. The maximum Gasteiger partial charge on any atom is 0.337 e. The van der Waals surface area contributed by atoms with Crippen molar-refractivity contribution in [1.29, 1.82) is 0 Å². The zero-order valence-corrected chi connectivity index (χ0v) is 20.3. The second-order valence-corrected chi connectivity index (χ2v) is 10.1. The van der Waals surface area contributed by atoms with Crippen LogP contribution in [0.2, 0.25) is 0 Å². The Morgan fingerprint density at radius 1 is 0.629 bits per heavy atom. The lowest BCUT2D eigenvalue weighted by Gasteiger charge is -2.02. The third-order valence-corrected chi connectivity index (χ3v) is 7.36. The number of carboxylic acids is 1. The third kappa shape index (κ3) is 5.62. The molecule has 0 unspecified atom stereocenters. The van der Waals surface area contributed by atoms with Gasteiger partial charge in [-0.25, -0.2) is 4.79 Å². The van der Waals surface area contributed by atoms with Crippen molar-refractivity contribution in [3.63, 3.8) is 0 Å². The Bertz CT molecular complexity index is 1570. The predicted octanol–water partition coefficient (Wildman–Crippen LogP) is 8.34. The molecule has 0 saturated carbocycles. The van der Waals surface area contributed by atoms with Gasteiger partial charge in [0.05, 0.1) is 5.56 Å². The lowest BCUT2D eigenvalue weighted by molar-refractivity contribution is 0.0699. The van der Waals surface area contributed by atoms with Crippen LogP contribution in [0.5, 0.6) is 0 Å². The number of fused-ring (bicyclic) bond motifs is 2. The highest BCUT2D eigenvalue weighted by atomic mass is 32.2. The first-order valence-electron chi connectivity index (χ1n) is 11.0. The summed E-state index contributed by atoms with van der Waals surface area (Å²) in [4.78, 5) is 22.0. The number of nitrogens with one attached hydrogen (secondary N) is 2. The van der Waals surface area contributed by atoms with E-state index in [-0.39, 0.29) is 0 Å². The third-order valence-electron chi connectivity index (χ3n) is 5.37. The Kier molecular flexibility index (Phi) is 6.93. The van der Waals surface area contributed by atoms with Gasteiger partial charge in [0.2, 0.25) is 0 Å². The van der Waals surface area contributed by atoms with Gasteiger partial charge >= 0.3 is 5.97 Å². The minimum absolute atomic E-state index is 0.311. The summed E-state index contributed by atoms with van der Waals surface area (Å²) >= 11 is 3.41. The molecule has 0 aliphatic carbocycles. The van der Waals surface area contributed by atoms with Crippen molar-refractivity contribution >= 4 is 51.3 Å². The first-order valence-corrected chi connectivity index (χ1v) is 12.7. The van der Waals surface area contributed by atoms with Crippen LogP contribution >= 0.6 is 23.5 Å². The fourth-order valence-electron chi connectivity index (χ4n) is 3.68. The molecular formula is C29H22N2O2S2. The lowest BCUT2D eigenvalue weighted by atomic mass is 10.2. The summed E-state index contributed by atoms with van der Waals surface area (Å²) in [5.41, 5.74) is 2.35. The molecule has 0 atom stereocenters. The summed E-state index contributed by atoms with van der Waals surface area (Å²) < 4.78 is 0. The van der Waals surface area contributed by atoms with Crippen molar-refractivity contribution in [2.45, 2.75) is 19.6 Å². The van der Waals surface area contributed by atoms with Crippen LogP contribution in [-0.4, -0.2) is 21.0 Å². The number of H-pyrrole nitrogens is 2. The van der Waals surface area contributed by atoms with Crippen molar-refractivity contribution in [1.82, 2.24) is 9.97 Å². The molecule has 0 bridgehead atoms. The van der Waals surface area contributed by atoms with E-state index in [4.69, 9.17) is 5.11 Å². The molecule has 0 saturated heterocycles. The van der Waals surface area contributed by atoms with Gasteiger partial charge < -0.3 is 15.1 Å². The van der Waals surface area contributed by atoms with E-state index in [9.17, 15) is 4.79 Å². The van der Waals surface area contributed by atoms with Crippen LogP contribution in [0.1, 0.15) is 10.4 Å². The van der Waals surface area contributed by atoms with Crippen LogP contribution in [0, 0.1) is 0 Å². The van der Waals surface area contributed by atoms with Crippen LogP contribution in [0.15, 0.2) is 135 Å². The number of aromatic amines is 2. The molecule has 0 amide bonds. The second kappa shape index (κ2) is 10.6. The highest BCUT2D eigenvalue weighted by Crippen LogP contribution is 2.31. The van der Waals surface area contributed by atoms with Gasteiger partial charge in [-0.1, -0.05) is 59.9 Å². The number of aromatic carboxylic acids is 1. The predicted molar refractivity (Wildman–Crippen MR) is 145 cm³/mol. The summed E-state index contributed by atoms with van der Waals surface area (Å²) in [6.07, 6.45) is 3.51. The molecule has 3 N–H and O–H groups in total. The fourth-order valence-corrected chi connectivity index (χ4v) is 5.45. The van der Waals surface area contributed by atoms with Crippen molar-refractivity contribution < 1.29 is 9.90 Å². The number of hydrogen-bond acceptors (Lipinski definition) is 3. The van der Waals surface area contributed by atoms with Crippen molar-refractivity contribution in [2.24, 2.45) is 0 Å². The van der Waals surface area contributed by atoms with Crippen molar-refractivity contribution in [3.05, 3.63) is 121 Å². The Labute approximate surface area is 211 Å². The largest absolute Gasteiger partial charge is 0.478 e. The van der Waals surface area contributed by atoms with Gasteiger partial charge in [0, 0.05) is 53.8 Å².